The maximum absolute atomic E-state index is 12.6. The molecule has 2 N–H and O–H groups in total. The van der Waals surface area contributed by atoms with Crippen LogP contribution in [0.15, 0.2) is 54.6 Å². The first-order valence-corrected chi connectivity index (χ1v) is 10.0. The van der Waals surface area contributed by atoms with Gasteiger partial charge in [-0.1, -0.05) is 11.6 Å². The Morgan fingerprint density at radius 2 is 1.08 bits per heavy atom. The lowest BCUT2D eigenvalue weighted by molar-refractivity contribution is -0.394. The standard InChI is InChI=1S/C20H11ClN6O10/c21-15-7-10(22-19(28)13-4-2-11(24(30)31)8-17(13)26(34)35)1-6-16(15)23-20(29)14-5-3-12(25(32)33)9-18(14)27(36)37/h1-9H,(H,22,28)(H,23,29). The summed E-state index contributed by atoms with van der Waals surface area (Å²) in [5, 5.41) is 48.7. The Hall–Kier alpha value is -5.51. The van der Waals surface area contributed by atoms with Gasteiger partial charge in [0, 0.05) is 17.8 Å². The number of hydrogen-bond donors (Lipinski definition) is 2. The Morgan fingerprint density at radius 1 is 0.622 bits per heavy atom. The quantitative estimate of drug-likeness (QED) is 0.306. The molecule has 0 aromatic heterocycles. The number of non-ortho nitro benzene ring substituents is 2. The largest absolute Gasteiger partial charge is 0.322 e. The fourth-order valence-electron chi connectivity index (χ4n) is 3.04. The lowest BCUT2D eigenvalue weighted by Gasteiger charge is -2.11. The van der Waals surface area contributed by atoms with Gasteiger partial charge in [0.15, 0.2) is 0 Å². The molecule has 0 radical (unpaired) electrons. The lowest BCUT2D eigenvalue weighted by atomic mass is 10.1. The average Bonchev–Trinajstić information content (AvgIpc) is 2.84. The van der Waals surface area contributed by atoms with E-state index in [1.807, 2.05) is 0 Å². The smallest absolute Gasteiger partial charge is 0.289 e. The Morgan fingerprint density at radius 3 is 1.49 bits per heavy atom. The van der Waals surface area contributed by atoms with E-state index in [2.05, 4.69) is 10.6 Å². The third-order valence-electron chi connectivity index (χ3n) is 4.74. The van der Waals surface area contributed by atoms with Crippen molar-refractivity contribution in [1.29, 1.82) is 0 Å². The molecule has 0 saturated carbocycles. The van der Waals surface area contributed by atoms with Crippen LogP contribution < -0.4 is 10.6 Å². The minimum absolute atomic E-state index is 0.0296. The zero-order valence-corrected chi connectivity index (χ0v) is 18.7. The number of benzene rings is 3. The van der Waals surface area contributed by atoms with E-state index in [9.17, 15) is 50.0 Å². The molecule has 17 heteroatoms. The van der Waals surface area contributed by atoms with Gasteiger partial charge in [-0.15, -0.1) is 0 Å². The highest BCUT2D eigenvalue weighted by molar-refractivity contribution is 6.34. The van der Waals surface area contributed by atoms with E-state index < -0.39 is 65.4 Å². The first-order chi connectivity index (χ1) is 17.4. The molecule has 3 rings (SSSR count). The fraction of sp³-hybridized carbons (Fsp3) is 0. The van der Waals surface area contributed by atoms with Gasteiger partial charge in [0.2, 0.25) is 0 Å². The molecule has 188 valence electrons. The molecule has 3 aromatic carbocycles. The fourth-order valence-corrected chi connectivity index (χ4v) is 3.26. The summed E-state index contributed by atoms with van der Waals surface area (Å²) in [5.74, 6) is -1.97. The molecular formula is C20H11ClN6O10. The van der Waals surface area contributed by atoms with Crippen LogP contribution in [0.5, 0.6) is 0 Å². The Labute approximate surface area is 209 Å². The number of hydrogen-bond acceptors (Lipinski definition) is 10. The second-order valence-corrected chi connectivity index (χ2v) is 7.44. The average molecular weight is 531 g/mol. The van der Waals surface area contributed by atoms with Gasteiger partial charge < -0.3 is 10.6 Å². The minimum atomic E-state index is -0.998. The Kier molecular flexibility index (Phi) is 7.34. The third kappa shape index (κ3) is 5.77. The van der Waals surface area contributed by atoms with Crippen molar-refractivity contribution in [2.45, 2.75) is 0 Å². The van der Waals surface area contributed by atoms with Crippen LogP contribution in [0, 0.1) is 40.5 Å². The van der Waals surface area contributed by atoms with Crippen LogP contribution in [0.25, 0.3) is 0 Å². The van der Waals surface area contributed by atoms with E-state index in [1.54, 1.807) is 0 Å². The topological polar surface area (TPSA) is 231 Å². The SMILES string of the molecule is O=C(Nc1ccc(NC(=O)c2ccc([N+](=O)[O-])cc2[N+](=O)[O-])c(Cl)c1)c1ccc([N+](=O)[O-])cc1[N+](=O)[O-]. The van der Waals surface area contributed by atoms with Crippen LogP contribution in [0.2, 0.25) is 5.02 Å². The van der Waals surface area contributed by atoms with Gasteiger partial charge in [-0.25, -0.2) is 0 Å². The van der Waals surface area contributed by atoms with Crippen molar-refractivity contribution in [2.24, 2.45) is 0 Å². The number of rotatable bonds is 8. The Balaban J connectivity index is 1.82. The molecule has 0 fully saturated rings. The van der Waals surface area contributed by atoms with Crippen molar-refractivity contribution in [3.63, 3.8) is 0 Å². The van der Waals surface area contributed by atoms with E-state index in [0.29, 0.717) is 12.1 Å². The summed E-state index contributed by atoms with van der Waals surface area (Å²) in [5.41, 5.74) is -3.73. The molecule has 0 aliphatic heterocycles. The molecule has 0 spiro atoms. The van der Waals surface area contributed by atoms with Crippen molar-refractivity contribution in [3.8, 4) is 0 Å². The molecule has 3 aromatic rings. The number of nitro benzene ring substituents is 4. The summed E-state index contributed by atoms with van der Waals surface area (Å²) in [4.78, 5) is 65.7. The molecular weight excluding hydrogens is 520 g/mol. The van der Waals surface area contributed by atoms with Crippen LogP contribution in [0.3, 0.4) is 0 Å². The molecule has 0 unspecified atom stereocenters. The van der Waals surface area contributed by atoms with Gasteiger partial charge in [0.1, 0.15) is 11.1 Å². The van der Waals surface area contributed by atoms with Crippen LogP contribution in [0.4, 0.5) is 34.1 Å². The predicted molar refractivity (Wildman–Crippen MR) is 127 cm³/mol. The van der Waals surface area contributed by atoms with Crippen LogP contribution in [-0.4, -0.2) is 31.5 Å². The maximum Gasteiger partial charge on any atom is 0.289 e. The molecule has 0 atom stereocenters. The summed E-state index contributed by atoms with van der Waals surface area (Å²) in [6.45, 7) is 0. The van der Waals surface area contributed by atoms with E-state index >= 15 is 0 Å². The predicted octanol–water partition coefficient (Wildman–Crippen LogP) is 4.48. The normalized spacial score (nSPS) is 10.3. The van der Waals surface area contributed by atoms with Crippen molar-refractivity contribution in [3.05, 3.63) is 111 Å². The summed E-state index contributed by atoms with van der Waals surface area (Å²) in [6.07, 6.45) is 0. The van der Waals surface area contributed by atoms with Gasteiger partial charge >= 0.3 is 0 Å². The van der Waals surface area contributed by atoms with E-state index in [0.717, 1.165) is 30.3 Å². The zero-order chi connectivity index (χ0) is 27.4. The molecule has 2 amide bonds. The minimum Gasteiger partial charge on any atom is -0.322 e. The zero-order valence-electron chi connectivity index (χ0n) is 17.9. The summed E-state index contributed by atoms with van der Waals surface area (Å²) in [7, 11) is 0. The van der Waals surface area contributed by atoms with Gasteiger partial charge in [0.05, 0.1) is 42.5 Å². The van der Waals surface area contributed by atoms with Crippen molar-refractivity contribution < 1.29 is 29.3 Å². The molecule has 0 bridgehead atoms. The third-order valence-corrected chi connectivity index (χ3v) is 5.05. The number of nitrogens with one attached hydrogen (secondary N) is 2. The van der Waals surface area contributed by atoms with Crippen molar-refractivity contribution >= 4 is 57.5 Å². The van der Waals surface area contributed by atoms with E-state index in [1.165, 1.54) is 12.1 Å². The molecule has 0 saturated heterocycles. The number of halogens is 1. The second kappa shape index (κ2) is 10.4. The second-order valence-electron chi connectivity index (χ2n) is 7.03. The highest BCUT2D eigenvalue weighted by atomic mass is 35.5. The first kappa shape index (κ1) is 26.1. The van der Waals surface area contributed by atoms with Crippen LogP contribution in [-0.2, 0) is 0 Å². The van der Waals surface area contributed by atoms with Crippen LogP contribution >= 0.6 is 11.6 Å². The summed E-state index contributed by atoms with van der Waals surface area (Å²) < 4.78 is 0. The van der Waals surface area contributed by atoms with Crippen molar-refractivity contribution in [1.82, 2.24) is 0 Å². The van der Waals surface area contributed by atoms with Gasteiger partial charge in [0.25, 0.3) is 34.6 Å². The molecule has 0 aliphatic carbocycles. The van der Waals surface area contributed by atoms with E-state index in [4.69, 9.17) is 11.6 Å². The van der Waals surface area contributed by atoms with Gasteiger partial charge in [-0.3, -0.25) is 50.0 Å². The number of nitrogens with zero attached hydrogens (tertiary/aromatic N) is 4. The van der Waals surface area contributed by atoms with Crippen LogP contribution in [0.1, 0.15) is 20.7 Å². The number of carbonyl (C=O) groups excluding carboxylic acids is 2. The molecule has 16 nitrogen and oxygen atoms in total. The summed E-state index contributed by atoms with van der Waals surface area (Å²) >= 11 is 6.12. The highest BCUT2D eigenvalue weighted by Gasteiger charge is 2.26. The maximum atomic E-state index is 12.6. The molecule has 0 heterocycles. The van der Waals surface area contributed by atoms with Gasteiger partial charge in [-0.05, 0) is 30.3 Å². The Bertz CT molecular complexity index is 1510. The van der Waals surface area contributed by atoms with Gasteiger partial charge in [-0.2, -0.15) is 0 Å². The monoisotopic (exact) mass is 530 g/mol. The van der Waals surface area contributed by atoms with E-state index in [-0.39, 0.29) is 16.4 Å². The van der Waals surface area contributed by atoms with Crippen molar-refractivity contribution in [2.75, 3.05) is 10.6 Å². The lowest BCUT2D eigenvalue weighted by Crippen LogP contribution is -2.16. The summed E-state index contributed by atoms with van der Waals surface area (Å²) in [6, 6.07) is 8.56. The highest BCUT2D eigenvalue weighted by Crippen LogP contribution is 2.30. The molecule has 0 aliphatic rings. The molecule has 37 heavy (non-hydrogen) atoms. The number of amides is 2. The number of anilines is 2. The first-order valence-electron chi connectivity index (χ1n) is 9.67. The number of carbonyl (C=O) groups is 2. The number of nitro groups is 4.